The minimum absolute atomic E-state index is 0.169. The smallest absolute Gasteiger partial charge is 0.236 e. The second-order valence-corrected chi connectivity index (χ2v) is 3.42. The largest absolute Gasteiger partial charge is 0.345 e. The summed E-state index contributed by atoms with van der Waals surface area (Å²) in [5.74, 6) is 0.169. The monoisotopic (exact) mass is 198 g/mol. The molecule has 14 heavy (non-hydrogen) atoms. The van der Waals surface area contributed by atoms with E-state index in [-0.39, 0.29) is 5.91 Å². The van der Waals surface area contributed by atoms with Crippen molar-refractivity contribution < 1.29 is 4.79 Å². The van der Waals surface area contributed by atoms with Crippen LogP contribution in [0.3, 0.4) is 0 Å². The average Bonchev–Trinajstić information content (AvgIpc) is 2.18. The predicted octanol–water partition coefficient (Wildman–Crippen LogP) is 1.41. The molecule has 0 saturated carbocycles. The summed E-state index contributed by atoms with van der Waals surface area (Å²) in [6.45, 7) is 7.92. The molecule has 0 aromatic rings. The number of nitrogens with one attached hydrogen (secondary N) is 1. The maximum atomic E-state index is 11.4. The highest BCUT2D eigenvalue weighted by molar-refractivity contribution is 5.77. The van der Waals surface area contributed by atoms with Crippen LogP contribution in [0.25, 0.3) is 0 Å². The van der Waals surface area contributed by atoms with Crippen LogP contribution in [-0.2, 0) is 4.79 Å². The Morgan fingerprint density at radius 1 is 1.57 bits per heavy atom. The number of rotatable bonds is 8. The molecule has 0 aromatic carbocycles. The number of hydrogen-bond donors (Lipinski definition) is 1. The van der Waals surface area contributed by atoms with E-state index in [1.165, 1.54) is 0 Å². The Morgan fingerprint density at radius 3 is 2.86 bits per heavy atom. The van der Waals surface area contributed by atoms with Crippen LogP contribution in [0.4, 0.5) is 0 Å². The van der Waals surface area contributed by atoms with E-state index in [2.05, 4.69) is 18.8 Å². The molecule has 0 spiro atoms. The molecule has 0 fully saturated rings. The number of likely N-dealkylation sites (N-methyl/N-ethyl adjacent to an activating group) is 1. The van der Waals surface area contributed by atoms with Crippen molar-refractivity contribution in [3.63, 3.8) is 0 Å². The van der Waals surface area contributed by atoms with Crippen molar-refractivity contribution in [2.45, 2.75) is 26.2 Å². The summed E-state index contributed by atoms with van der Waals surface area (Å²) in [5.41, 5.74) is 0. The van der Waals surface area contributed by atoms with Crippen LogP contribution in [0.2, 0.25) is 0 Å². The topological polar surface area (TPSA) is 32.3 Å². The molecule has 3 nitrogen and oxygen atoms in total. The second-order valence-electron chi connectivity index (χ2n) is 3.42. The number of carbonyl (C=O) groups excluding carboxylic acids is 1. The number of hydrogen-bond acceptors (Lipinski definition) is 2. The Balaban J connectivity index is 3.49. The van der Waals surface area contributed by atoms with Crippen molar-refractivity contribution in [1.82, 2.24) is 10.2 Å². The van der Waals surface area contributed by atoms with E-state index in [9.17, 15) is 4.79 Å². The third-order valence-electron chi connectivity index (χ3n) is 2.03. The number of allylic oxidation sites excluding steroid dienone is 1. The summed E-state index contributed by atoms with van der Waals surface area (Å²) >= 11 is 0. The molecule has 0 heterocycles. The molecule has 0 atom stereocenters. The Labute approximate surface area is 87.2 Å². The van der Waals surface area contributed by atoms with E-state index in [0.717, 1.165) is 32.4 Å². The molecule has 0 rings (SSSR count). The van der Waals surface area contributed by atoms with Gasteiger partial charge in [0.15, 0.2) is 0 Å². The van der Waals surface area contributed by atoms with Gasteiger partial charge < -0.3 is 10.2 Å². The summed E-state index contributed by atoms with van der Waals surface area (Å²) in [6.07, 6.45) is 4.92. The maximum Gasteiger partial charge on any atom is 0.236 e. The third-order valence-corrected chi connectivity index (χ3v) is 2.03. The molecule has 0 aromatic heterocycles. The van der Waals surface area contributed by atoms with Gasteiger partial charge in [0.25, 0.3) is 0 Å². The van der Waals surface area contributed by atoms with Gasteiger partial charge in [0, 0.05) is 13.6 Å². The molecule has 3 heteroatoms. The van der Waals surface area contributed by atoms with E-state index in [1.807, 2.05) is 13.1 Å². The zero-order valence-corrected chi connectivity index (χ0v) is 9.38. The molecule has 0 radical (unpaired) electrons. The number of carbonyl (C=O) groups is 1. The quantitative estimate of drug-likeness (QED) is 0.472. The van der Waals surface area contributed by atoms with Crippen LogP contribution in [0.5, 0.6) is 0 Å². The maximum absolute atomic E-state index is 11.4. The molecule has 0 aliphatic carbocycles. The van der Waals surface area contributed by atoms with Gasteiger partial charge in [-0.25, -0.2) is 0 Å². The summed E-state index contributed by atoms with van der Waals surface area (Å²) in [7, 11) is 1.85. The van der Waals surface area contributed by atoms with Crippen molar-refractivity contribution in [3.05, 3.63) is 12.7 Å². The molecule has 0 aliphatic rings. The summed E-state index contributed by atoms with van der Waals surface area (Å²) in [5, 5.41) is 3.09. The first-order valence-corrected chi connectivity index (χ1v) is 5.28. The average molecular weight is 198 g/mol. The van der Waals surface area contributed by atoms with Crippen molar-refractivity contribution in [1.29, 1.82) is 0 Å². The first-order chi connectivity index (χ1) is 6.72. The van der Waals surface area contributed by atoms with Gasteiger partial charge in [-0.15, -0.1) is 6.58 Å². The van der Waals surface area contributed by atoms with E-state index in [4.69, 9.17) is 0 Å². The lowest BCUT2D eigenvalue weighted by Crippen LogP contribution is -2.36. The molecule has 1 N–H and O–H groups in total. The van der Waals surface area contributed by atoms with E-state index < -0.39 is 0 Å². The predicted molar refractivity (Wildman–Crippen MR) is 60.2 cm³/mol. The minimum atomic E-state index is 0.169. The standard InChI is InChI=1S/C11H22N2O/c1-4-6-7-9-13(3)11(14)10-12-8-5-2/h4,12H,1,5-10H2,2-3H3. The normalized spacial score (nSPS) is 9.86. The highest BCUT2D eigenvalue weighted by Crippen LogP contribution is 1.93. The molecular formula is C11H22N2O. The summed E-state index contributed by atoms with van der Waals surface area (Å²) in [6, 6.07) is 0. The van der Waals surface area contributed by atoms with Crippen LogP contribution in [-0.4, -0.2) is 37.5 Å². The zero-order valence-electron chi connectivity index (χ0n) is 9.38. The van der Waals surface area contributed by atoms with E-state index >= 15 is 0 Å². The fourth-order valence-corrected chi connectivity index (χ4v) is 1.10. The zero-order chi connectivity index (χ0) is 10.8. The van der Waals surface area contributed by atoms with Crippen LogP contribution < -0.4 is 5.32 Å². The SMILES string of the molecule is C=CCCCN(C)C(=O)CNCCC. The second kappa shape index (κ2) is 8.75. The van der Waals surface area contributed by atoms with Crippen molar-refractivity contribution in [3.8, 4) is 0 Å². The Kier molecular flexibility index (Phi) is 8.24. The van der Waals surface area contributed by atoms with Crippen molar-refractivity contribution in [2.75, 3.05) is 26.7 Å². The van der Waals surface area contributed by atoms with Gasteiger partial charge in [-0.1, -0.05) is 13.0 Å². The molecule has 0 saturated heterocycles. The third kappa shape index (κ3) is 6.66. The van der Waals surface area contributed by atoms with Crippen LogP contribution in [0, 0.1) is 0 Å². The first kappa shape index (κ1) is 13.2. The molecule has 82 valence electrons. The minimum Gasteiger partial charge on any atom is -0.345 e. The number of nitrogens with zero attached hydrogens (tertiary/aromatic N) is 1. The van der Waals surface area contributed by atoms with Crippen LogP contribution >= 0.6 is 0 Å². The highest BCUT2D eigenvalue weighted by atomic mass is 16.2. The van der Waals surface area contributed by atoms with Gasteiger partial charge in [-0.3, -0.25) is 4.79 Å². The lowest BCUT2D eigenvalue weighted by Gasteiger charge is -2.16. The van der Waals surface area contributed by atoms with Gasteiger partial charge in [-0.05, 0) is 25.8 Å². The first-order valence-electron chi connectivity index (χ1n) is 5.28. The highest BCUT2D eigenvalue weighted by Gasteiger charge is 2.06. The van der Waals surface area contributed by atoms with Gasteiger partial charge >= 0.3 is 0 Å². The lowest BCUT2D eigenvalue weighted by molar-refractivity contribution is -0.128. The fourth-order valence-electron chi connectivity index (χ4n) is 1.10. The molecule has 0 bridgehead atoms. The van der Waals surface area contributed by atoms with Gasteiger partial charge in [0.05, 0.1) is 6.54 Å². The number of unbranched alkanes of at least 4 members (excludes halogenated alkanes) is 1. The van der Waals surface area contributed by atoms with Crippen molar-refractivity contribution in [2.24, 2.45) is 0 Å². The Morgan fingerprint density at radius 2 is 2.29 bits per heavy atom. The van der Waals surface area contributed by atoms with Gasteiger partial charge in [0.2, 0.25) is 5.91 Å². The summed E-state index contributed by atoms with van der Waals surface area (Å²) < 4.78 is 0. The number of amides is 1. The van der Waals surface area contributed by atoms with Crippen molar-refractivity contribution >= 4 is 5.91 Å². The van der Waals surface area contributed by atoms with Gasteiger partial charge in [0.1, 0.15) is 0 Å². The lowest BCUT2D eigenvalue weighted by atomic mass is 10.3. The molecule has 0 aliphatic heterocycles. The van der Waals surface area contributed by atoms with Crippen LogP contribution in [0.1, 0.15) is 26.2 Å². The summed E-state index contributed by atoms with van der Waals surface area (Å²) in [4.78, 5) is 13.2. The molecular weight excluding hydrogens is 176 g/mol. The molecule has 0 unspecified atom stereocenters. The molecule has 1 amide bonds. The van der Waals surface area contributed by atoms with Crippen LogP contribution in [0.15, 0.2) is 12.7 Å². The van der Waals surface area contributed by atoms with E-state index in [0.29, 0.717) is 6.54 Å². The van der Waals surface area contributed by atoms with Gasteiger partial charge in [-0.2, -0.15) is 0 Å². The Bertz CT molecular complexity index is 169. The fraction of sp³-hybridized carbons (Fsp3) is 0.727. The Hall–Kier alpha value is -0.830. The van der Waals surface area contributed by atoms with E-state index in [1.54, 1.807) is 4.90 Å².